The summed E-state index contributed by atoms with van der Waals surface area (Å²) in [5.41, 5.74) is 1.05. The molecule has 0 atom stereocenters. The van der Waals surface area contributed by atoms with Crippen LogP contribution in [0.25, 0.3) is 0 Å². The van der Waals surface area contributed by atoms with Crippen LogP contribution in [0.4, 0.5) is 0 Å². The van der Waals surface area contributed by atoms with E-state index in [9.17, 15) is 0 Å². The van der Waals surface area contributed by atoms with Gasteiger partial charge in [-0.25, -0.2) is 0 Å². The van der Waals surface area contributed by atoms with Gasteiger partial charge >= 0.3 is 0 Å². The van der Waals surface area contributed by atoms with E-state index in [2.05, 4.69) is 25.9 Å². The molecule has 56 valence electrons. The first kappa shape index (κ1) is 7.32. The van der Waals surface area contributed by atoms with Crippen molar-refractivity contribution in [2.75, 3.05) is 0 Å². The van der Waals surface area contributed by atoms with Gasteiger partial charge in [-0.1, -0.05) is 25.9 Å². The summed E-state index contributed by atoms with van der Waals surface area (Å²) in [7, 11) is 0. The molecule has 0 spiro atoms. The van der Waals surface area contributed by atoms with E-state index in [1.54, 1.807) is 0 Å². The summed E-state index contributed by atoms with van der Waals surface area (Å²) in [5, 5.41) is 3.88. The van der Waals surface area contributed by atoms with Gasteiger partial charge in [0.25, 0.3) is 0 Å². The van der Waals surface area contributed by atoms with E-state index in [0.29, 0.717) is 5.92 Å². The van der Waals surface area contributed by atoms with E-state index in [1.165, 1.54) is 0 Å². The average molecular weight is 139 g/mol. The Morgan fingerprint density at radius 2 is 2.30 bits per heavy atom. The predicted octanol–water partition coefficient (Wildman–Crippen LogP) is 2.36. The van der Waals surface area contributed by atoms with E-state index in [1.807, 2.05) is 6.07 Å². The molecule has 0 aliphatic heterocycles. The molecule has 0 fully saturated rings. The Balaban J connectivity index is 2.78. The topological polar surface area (TPSA) is 26.0 Å². The van der Waals surface area contributed by atoms with Gasteiger partial charge in [0.15, 0.2) is 0 Å². The summed E-state index contributed by atoms with van der Waals surface area (Å²) in [4.78, 5) is 0. The number of aryl methyl sites for hydroxylation is 1. The number of nitrogens with zero attached hydrogens (tertiary/aromatic N) is 1. The largest absolute Gasteiger partial charge is 0.361 e. The standard InChI is InChI=1S/C8H13NO/c1-4-7-5-8(6(2)3)10-9-7/h5-6H,4H2,1-3H3. The molecule has 0 radical (unpaired) electrons. The Morgan fingerprint density at radius 1 is 1.60 bits per heavy atom. The van der Waals surface area contributed by atoms with Crippen molar-refractivity contribution in [2.24, 2.45) is 0 Å². The maximum Gasteiger partial charge on any atom is 0.139 e. The van der Waals surface area contributed by atoms with Gasteiger partial charge in [-0.15, -0.1) is 0 Å². The first-order valence-corrected chi connectivity index (χ1v) is 3.69. The van der Waals surface area contributed by atoms with Gasteiger partial charge in [0.2, 0.25) is 0 Å². The lowest BCUT2D eigenvalue weighted by atomic mass is 10.1. The molecule has 0 N–H and O–H groups in total. The number of hydrogen-bond donors (Lipinski definition) is 0. The van der Waals surface area contributed by atoms with Crippen molar-refractivity contribution in [3.63, 3.8) is 0 Å². The van der Waals surface area contributed by atoms with Gasteiger partial charge in [-0.3, -0.25) is 0 Å². The van der Waals surface area contributed by atoms with Crippen LogP contribution in [0.5, 0.6) is 0 Å². The Kier molecular flexibility index (Phi) is 2.10. The van der Waals surface area contributed by atoms with Crippen LogP contribution in [0, 0.1) is 0 Å². The summed E-state index contributed by atoms with van der Waals surface area (Å²) in [6.45, 7) is 6.27. The minimum Gasteiger partial charge on any atom is -0.361 e. The number of aromatic nitrogens is 1. The lowest BCUT2D eigenvalue weighted by Gasteiger charge is -1.93. The molecule has 0 aliphatic rings. The SMILES string of the molecule is CCc1cc(C(C)C)on1. The fraction of sp³-hybridized carbons (Fsp3) is 0.625. The Hall–Kier alpha value is -0.790. The lowest BCUT2D eigenvalue weighted by molar-refractivity contribution is 0.366. The van der Waals surface area contributed by atoms with E-state index < -0.39 is 0 Å². The van der Waals surface area contributed by atoms with Crippen molar-refractivity contribution in [3.8, 4) is 0 Å². The van der Waals surface area contributed by atoms with Crippen LogP contribution in [-0.2, 0) is 6.42 Å². The molecule has 0 aliphatic carbocycles. The summed E-state index contributed by atoms with van der Waals surface area (Å²) in [5.74, 6) is 1.43. The van der Waals surface area contributed by atoms with E-state index in [0.717, 1.165) is 17.9 Å². The lowest BCUT2D eigenvalue weighted by Crippen LogP contribution is -1.80. The average Bonchev–Trinajstić information content (AvgIpc) is 2.34. The zero-order valence-corrected chi connectivity index (χ0v) is 6.72. The van der Waals surface area contributed by atoms with Crippen molar-refractivity contribution < 1.29 is 4.52 Å². The molecule has 2 nitrogen and oxygen atoms in total. The molecule has 0 amide bonds. The van der Waals surface area contributed by atoms with Gasteiger partial charge in [0.1, 0.15) is 5.76 Å². The van der Waals surface area contributed by atoms with Crippen LogP contribution >= 0.6 is 0 Å². The van der Waals surface area contributed by atoms with Crippen molar-refractivity contribution in [2.45, 2.75) is 33.1 Å². The van der Waals surface area contributed by atoms with E-state index in [-0.39, 0.29) is 0 Å². The van der Waals surface area contributed by atoms with Crippen molar-refractivity contribution >= 4 is 0 Å². The molecule has 0 saturated heterocycles. The van der Waals surface area contributed by atoms with Gasteiger partial charge in [0.05, 0.1) is 5.69 Å². The van der Waals surface area contributed by atoms with Crippen LogP contribution in [0.2, 0.25) is 0 Å². The summed E-state index contributed by atoms with van der Waals surface area (Å²) < 4.78 is 5.07. The number of rotatable bonds is 2. The van der Waals surface area contributed by atoms with Gasteiger partial charge in [0, 0.05) is 12.0 Å². The first-order chi connectivity index (χ1) is 4.74. The smallest absolute Gasteiger partial charge is 0.139 e. The molecule has 10 heavy (non-hydrogen) atoms. The molecular weight excluding hydrogens is 126 g/mol. The van der Waals surface area contributed by atoms with Crippen LogP contribution in [0.1, 0.15) is 38.1 Å². The van der Waals surface area contributed by atoms with Crippen LogP contribution in [0.15, 0.2) is 10.6 Å². The van der Waals surface area contributed by atoms with Crippen molar-refractivity contribution in [1.29, 1.82) is 0 Å². The van der Waals surface area contributed by atoms with Crippen molar-refractivity contribution in [3.05, 3.63) is 17.5 Å². The molecule has 0 bridgehead atoms. The highest BCUT2D eigenvalue weighted by molar-refractivity contribution is 5.07. The van der Waals surface area contributed by atoms with E-state index in [4.69, 9.17) is 4.52 Å². The number of hydrogen-bond acceptors (Lipinski definition) is 2. The summed E-state index contributed by atoms with van der Waals surface area (Å²) in [6.07, 6.45) is 0.955. The Labute approximate surface area is 61.2 Å². The third kappa shape index (κ3) is 1.38. The molecular formula is C8H13NO. The molecule has 1 rings (SSSR count). The molecule has 1 aromatic heterocycles. The van der Waals surface area contributed by atoms with E-state index >= 15 is 0 Å². The second-order valence-corrected chi connectivity index (χ2v) is 2.73. The minimum atomic E-state index is 0.452. The normalized spacial score (nSPS) is 10.8. The maximum absolute atomic E-state index is 5.07. The molecule has 1 heterocycles. The van der Waals surface area contributed by atoms with Crippen molar-refractivity contribution in [1.82, 2.24) is 5.16 Å². The van der Waals surface area contributed by atoms with Crippen LogP contribution in [-0.4, -0.2) is 5.16 Å². The zero-order chi connectivity index (χ0) is 7.56. The molecule has 2 heteroatoms. The van der Waals surface area contributed by atoms with Gasteiger partial charge < -0.3 is 4.52 Å². The second kappa shape index (κ2) is 2.86. The zero-order valence-electron chi connectivity index (χ0n) is 6.72. The highest BCUT2D eigenvalue weighted by atomic mass is 16.5. The quantitative estimate of drug-likeness (QED) is 0.628. The fourth-order valence-electron chi connectivity index (χ4n) is 0.767. The monoisotopic (exact) mass is 139 g/mol. The highest BCUT2D eigenvalue weighted by Crippen LogP contribution is 2.14. The van der Waals surface area contributed by atoms with Gasteiger partial charge in [-0.2, -0.15) is 0 Å². The van der Waals surface area contributed by atoms with Crippen LogP contribution < -0.4 is 0 Å². The highest BCUT2D eigenvalue weighted by Gasteiger charge is 2.05. The molecule has 0 aromatic carbocycles. The van der Waals surface area contributed by atoms with Gasteiger partial charge in [-0.05, 0) is 6.42 Å². The Morgan fingerprint density at radius 3 is 2.60 bits per heavy atom. The molecule has 1 aromatic rings. The second-order valence-electron chi connectivity index (χ2n) is 2.73. The third-order valence-electron chi connectivity index (χ3n) is 1.51. The minimum absolute atomic E-state index is 0.452. The Bertz CT molecular complexity index is 203. The maximum atomic E-state index is 5.07. The summed E-state index contributed by atoms with van der Waals surface area (Å²) >= 11 is 0. The third-order valence-corrected chi connectivity index (χ3v) is 1.51. The molecule has 0 saturated carbocycles. The predicted molar refractivity (Wildman–Crippen MR) is 40.0 cm³/mol. The van der Waals surface area contributed by atoms with Crippen LogP contribution in [0.3, 0.4) is 0 Å². The first-order valence-electron chi connectivity index (χ1n) is 3.69. The summed E-state index contributed by atoms with van der Waals surface area (Å²) in [6, 6.07) is 2.02. The molecule has 0 unspecified atom stereocenters. The fourth-order valence-corrected chi connectivity index (χ4v) is 0.767.